The van der Waals surface area contributed by atoms with Crippen LogP contribution < -0.4 is 5.32 Å². The van der Waals surface area contributed by atoms with Crippen LogP contribution in [0.5, 0.6) is 0 Å². The van der Waals surface area contributed by atoms with Crippen molar-refractivity contribution in [2.45, 2.75) is 32.4 Å². The van der Waals surface area contributed by atoms with Gasteiger partial charge in [0.2, 0.25) is 0 Å². The molecule has 5 heteroatoms. The normalized spacial score (nSPS) is 21.0. The molecule has 0 spiro atoms. The van der Waals surface area contributed by atoms with E-state index in [0.29, 0.717) is 19.8 Å². The predicted octanol–water partition coefficient (Wildman–Crippen LogP) is 3.42. The third-order valence-corrected chi connectivity index (χ3v) is 4.41. The third kappa shape index (κ3) is 4.69. The van der Waals surface area contributed by atoms with Crippen molar-refractivity contribution < 1.29 is 19.0 Å². The van der Waals surface area contributed by atoms with Gasteiger partial charge in [0.15, 0.2) is 0 Å². The topological polar surface area (TPSA) is 60.1 Å². The van der Waals surface area contributed by atoms with Gasteiger partial charge in [-0.3, -0.25) is 10.1 Å². The number of benzene rings is 2. The number of ether oxygens (including phenoxy) is 3. The monoisotopic (exact) mass is 355 g/mol. The third-order valence-electron chi connectivity index (χ3n) is 4.41. The first-order chi connectivity index (χ1) is 12.6. The Balaban J connectivity index is 1.71. The molecule has 1 saturated heterocycles. The van der Waals surface area contributed by atoms with Crippen LogP contribution in [-0.4, -0.2) is 25.1 Å². The molecule has 1 N–H and O–H groups in total. The Kier molecular flexibility index (Phi) is 6.04. The summed E-state index contributed by atoms with van der Waals surface area (Å²) in [5.41, 5.74) is 2.06. The van der Waals surface area contributed by atoms with E-state index < -0.39 is 5.91 Å². The lowest BCUT2D eigenvalue weighted by Gasteiger charge is -2.27. The van der Waals surface area contributed by atoms with Gasteiger partial charge in [0.05, 0.1) is 19.1 Å². The standard InChI is InChI=1S/C21H25NO4/c1-3-24-20(23)16(2)19(18-12-8-5-9-13-18)22-21(15-26-21)25-14-17-10-6-4-7-11-17/h4-13,16,19,22H,3,14-15H2,1-2H3/t16-,19-,21?/m1/s1. The van der Waals surface area contributed by atoms with E-state index in [2.05, 4.69) is 5.32 Å². The summed E-state index contributed by atoms with van der Waals surface area (Å²) in [7, 11) is 0. The number of hydrogen-bond donors (Lipinski definition) is 1. The van der Waals surface area contributed by atoms with Crippen LogP contribution >= 0.6 is 0 Å². The van der Waals surface area contributed by atoms with E-state index >= 15 is 0 Å². The van der Waals surface area contributed by atoms with Gasteiger partial charge >= 0.3 is 5.97 Å². The van der Waals surface area contributed by atoms with Gasteiger partial charge in [-0.25, -0.2) is 0 Å². The van der Waals surface area contributed by atoms with Gasteiger partial charge in [-0.05, 0) is 18.1 Å². The number of epoxide rings is 1. The van der Waals surface area contributed by atoms with Crippen LogP contribution in [-0.2, 0) is 25.6 Å². The number of carbonyl (C=O) groups is 1. The minimum Gasteiger partial charge on any atom is -0.466 e. The van der Waals surface area contributed by atoms with Gasteiger partial charge in [0.1, 0.15) is 6.61 Å². The maximum Gasteiger partial charge on any atom is 0.310 e. The number of esters is 1. The molecule has 1 unspecified atom stereocenters. The van der Waals surface area contributed by atoms with Crippen molar-refractivity contribution in [1.82, 2.24) is 5.32 Å². The van der Waals surface area contributed by atoms with Crippen LogP contribution in [0.3, 0.4) is 0 Å². The van der Waals surface area contributed by atoms with Gasteiger partial charge in [0, 0.05) is 6.04 Å². The molecular weight excluding hydrogens is 330 g/mol. The average molecular weight is 355 g/mol. The molecule has 5 nitrogen and oxygen atoms in total. The first-order valence-corrected chi connectivity index (χ1v) is 8.94. The molecule has 2 aromatic carbocycles. The smallest absolute Gasteiger partial charge is 0.310 e. The first-order valence-electron chi connectivity index (χ1n) is 8.94. The summed E-state index contributed by atoms with van der Waals surface area (Å²) >= 11 is 0. The van der Waals surface area contributed by atoms with E-state index in [9.17, 15) is 4.79 Å². The highest BCUT2D eigenvalue weighted by Gasteiger charge is 2.49. The highest BCUT2D eigenvalue weighted by molar-refractivity contribution is 5.73. The van der Waals surface area contributed by atoms with Gasteiger partial charge in [0.25, 0.3) is 5.91 Å². The second-order valence-corrected chi connectivity index (χ2v) is 6.39. The molecule has 1 fully saturated rings. The van der Waals surface area contributed by atoms with Crippen molar-refractivity contribution in [3.8, 4) is 0 Å². The van der Waals surface area contributed by atoms with E-state index in [-0.39, 0.29) is 17.9 Å². The van der Waals surface area contributed by atoms with E-state index in [1.54, 1.807) is 0 Å². The van der Waals surface area contributed by atoms with Crippen molar-refractivity contribution in [2.75, 3.05) is 13.2 Å². The molecule has 26 heavy (non-hydrogen) atoms. The van der Waals surface area contributed by atoms with Crippen LogP contribution in [0.1, 0.15) is 31.0 Å². The summed E-state index contributed by atoms with van der Waals surface area (Å²) in [4.78, 5) is 12.3. The van der Waals surface area contributed by atoms with Crippen LogP contribution in [0, 0.1) is 5.92 Å². The zero-order valence-electron chi connectivity index (χ0n) is 15.2. The highest BCUT2D eigenvalue weighted by Crippen LogP contribution is 2.33. The molecule has 1 aliphatic heterocycles. The van der Waals surface area contributed by atoms with Gasteiger partial charge in [-0.15, -0.1) is 0 Å². The largest absolute Gasteiger partial charge is 0.466 e. The van der Waals surface area contributed by atoms with Gasteiger partial charge < -0.3 is 14.2 Å². The Labute approximate surface area is 154 Å². The molecule has 138 valence electrons. The van der Waals surface area contributed by atoms with Crippen LogP contribution in [0.15, 0.2) is 60.7 Å². The molecule has 0 saturated carbocycles. The van der Waals surface area contributed by atoms with Crippen LogP contribution in [0.25, 0.3) is 0 Å². The molecule has 1 heterocycles. The fraction of sp³-hybridized carbons (Fsp3) is 0.381. The quantitative estimate of drug-likeness (QED) is 0.424. The molecule has 3 rings (SSSR count). The Morgan fingerprint density at radius 2 is 1.77 bits per heavy atom. The number of rotatable bonds is 9. The van der Waals surface area contributed by atoms with E-state index in [0.717, 1.165) is 11.1 Å². The van der Waals surface area contributed by atoms with Crippen LogP contribution in [0.4, 0.5) is 0 Å². The summed E-state index contributed by atoms with van der Waals surface area (Å²) in [6.45, 7) is 4.90. The predicted molar refractivity (Wildman–Crippen MR) is 98.0 cm³/mol. The minimum atomic E-state index is -0.864. The van der Waals surface area contributed by atoms with Crippen LogP contribution in [0.2, 0.25) is 0 Å². The van der Waals surface area contributed by atoms with E-state index in [1.807, 2.05) is 74.5 Å². The Morgan fingerprint density at radius 3 is 2.35 bits per heavy atom. The second-order valence-electron chi connectivity index (χ2n) is 6.39. The Morgan fingerprint density at radius 1 is 1.15 bits per heavy atom. The highest BCUT2D eigenvalue weighted by atomic mass is 16.8. The molecule has 0 aromatic heterocycles. The lowest BCUT2D eigenvalue weighted by molar-refractivity contribution is -0.150. The second kappa shape index (κ2) is 8.45. The summed E-state index contributed by atoms with van der Waals surface area (Å²) in [5.74, 6) is -1.48. The van der Waals surface area contributed by atoms with Gasteiger partial charge in [-0.2, -0.15) is 0 Å². The van der Waals surface area contributed by atoms with Crippen molar-refractivity contribution in [2.24, 2.45) is 5.92 Å². The molecule has 3 atom stereocenters. The van der Waals surface area contributed by atoms with E-state index in [4.69, 9.17) is 14.2 Å². The zero-order chi connectivity index (χ0) is 18.4. The summed E-state index contributed by atoms with van der Waals surface area (Å²) in [6, 6.07) is 19.5. The van der Waals surface area contributed by atoms with Gasteiger partial charge in [-0.1, -0.05) is 67.6 Å². The van der Waals surface area contributed by atoms with Crippen molar-refractivity contribution in [3.63, 3.8) is 0 Å². The Hall–Kier alpha value is -2.21. The maximum atomic E-state index is 12.3. The zero-order valence-corrected chi connectivity index (χ0v) is 15.2. The fourth-order valence-electron chi connectivity index (χ4n) is 2.85. The Bertz CT molecular complexity index is 700. The number of hydrogen-bond acceptors (Lipinski definition) is 5. The minimum absolute atomic E-state index is 0.243. The molecule has 0 bridgehead atoms. The fourth-order valence-corrected chi connectivity index (χ4v) is 2.85. The van der Waals surface area contributed by atoms with E-state index in [1.165, 1.54) is 0 Å². The molecule has 1 aliphatic rings. The molecule has 0 aliphatic carbocycles. The summed E-state index contributed by atoms with van der Waals surface area (Å²) in [5, 5.41) is 3.38. The summed E-state index contributed by atoms with van der Waals surface area (Å²) in [6.07, 6.45) is 0. The first kappa shape index (κ1) is 18.6. The lowest BCUT2D eigenvalue weighted by atomic mass is 9.94. The van der Waals surface area contributed by atoms with Crippen molar-refractivity contribution >= 4 is 5.97 Å². The van der Waals surface area contributed by atoms with Crippen molar-refractivity contribution in [3.05, 3.63) is 71.8 Å². The summed E-state index contributed by atoms with van der Waals surface area (Å²) < 4.78 is 16.8. The number of nitrogens with one attached hydrogen (secondary N) is 1. The van der Waals surface area contributed by atoms with Crippen molar-refractivity contribution in [1.29, 1.82) is 0 Å². The average Bonchev–Trinajstić information content (AvgIpc) is 3.46. The SMILES string of the molecule is CCOC(=O)[C@H](C)[C@@H](NC1(OCc2ccccc2)CO1)c1ccccc1. The lowest BCUT2D eigenvalue weighted by Crippen LogP contribution is -2.43. The molecular formula is C21H25NO4. The maximum absolute atomic E-state index is 12.3. The molecule has 0 radical (unpaired) electrons. The molecule has 2 aromatic rings. The number of carbonyl (C=O) groups excluding carboxylic acids is 1. The molecule has 0 amide bonds.